The molecule has 1 aliphatic rings. The average Bonchev–Trinajstić information content (AvgIpc) is 2.44. The summed E-state index contributed by atoms with van der Waals surface area (Å²) >= 11 is 0. The normalized spacial score (nSPS) is 23.4. The highest BCUT2D eigenvalue weighted by Gasteiger charge is 2.38. The summed E-state index contributed by atoms with van der Waals surface area (Å²) < 4.78 is 5.18. The SMILES string of the molecule is CCC1(CC)CNC(CC(C)C)CN1CCCCOC. The zero-order chi connectivity index (χ0) is 15.0. The minimum Gasteiger partial charge on any atom is -0.385 e. The molecule has 0 amide bonds. The van der Waals surface area contributed by atoms with Gasteiger partial charge in [0.1, 0.15) is 0 Å². The van der Waals surface area contributed by atoms with Gasteiger partial charge in [-0.25, -0.2) is 0 Å². The lowest BCUT2D eigenvalue weighted by Gasteiger charge is -2.50. The van der Waals surface area contributed by atoms with E-state index in [0.717, 1.165) is 19.1 Å². The fourth-order valence-electron chi connectivity index (χ4n) is 3.52. The number of nitrogens with zero attached hydrogens (tertiary/aromatic N) is 1. The molecular weight excluding hydrogens is 248 g/mol. The Morgan fingerprint density at radius 3 is 2.50 bits per heavy atom. The van der Waals surface area contributed by atoms with Crippen molar-refractivity contribution in [2.75, 3.05) is 33.4 Å². The lowest BCUT2D eigenvalue weighted by atomic mass is 9.85. The van der Waals surface area contributed by atoms with Crippen molar-refractivity contribution in [1.82, 2.24) is 10.2 Å². The van der Waals surface area contributed by atoms with Gasteiger partial charge in [-0.3, -0.25) is 4.90 Å². The molecule has 3 nitrogen and oxygen atoms in total. The molecule has 1 atom stereocenters. The maximum atomic E-state index is 5.18. The van der Waals surface area contributed by atoms with E-state index < -0.39 is 0 Å². The van der Waals surface area contributed by atoms with Gasteiger partial charge in [-0.1, -0.05) is 27.7 Å². The second kappa shape index (κ2) is 9.01. The standard InChI is InChI=1S/C17H36N2O/c1-6-17(7-2)14-18-16(12-15(3)4)13-19(17)10-8-9-11-20-5/h15-16,18H,6-14H2,1-5H3. The molecule has 20 heavy (non-hydrogen) atoms. The van der Waals surface area contributed by atoms with Gasteiger partial charge in [0.05, 0.1) is 0 Å². The molecule has 0 aliphatic carbocycles. The van der Waals surface area contributed by atoms with Gasteiger partial charge in [0.15, 0.2) is 0 Å². The van der Waals surface area contributed by atoms with Crippen LogP contribution < -0.4 is 5.32 Å². The Bertz CT molecular complexity index is 251. The van der Waals surface area contributed by atoms with Crippen LogP contribution in [0.25, 0.3) is 0 Å². The van der Waals surface area contributed by atoms with E-state index in [1.807, 2.05) is 0 Å². The largest absolute Gasteiger partial charge is 0.385 e. The zero-order valence-electron chi connectivity index (χ0n) is 14.4. The topological polar surface area (TPSA) is 24.5 Å². The molecule has 1 saturated heterocycles. The van der Waals surface area contributed by atoms with E-state index in [9.17, 15) is 0 Å². The molecule has 0 spiro atoms. The number of nitrogens with one attached hydrogen (secondary N) is 1. The fraction of sp³-hybridized carbons (Fsp3) is 1.00. The van der Waals surface area contributed by atoms with Gasteiger partial charge in [0.2, 0.25) is 0 Å². The summed E-state index contributed by atoms with van der Waals surface area (Å²) in [7, 11) is 1.80. The highest BCUT2D eigenvalue weighted by atomic mass is 16.5. The van der Waals surface area contributed by atoms with Crippen LogP contribution in [-0.4, -0.2) is 49.8 Å². The Balaban J connectivity index is 2.58. The molecule has 0 aromatic carbocycles. The molecule has 0 saturated carbocycles. The molecule has 0 bridgehead atoms. The van der Waals surface area contributed by atoms with Crippen LogP contribution >= 0.6 is 0 Å². The molecule has 1 unspecified atom stereocenters. The maximum absolute atomic E-state index is 5.18. The molecule has 1 aliphatic heterocycles. The monoisotopic (exact) mass is 284 g/mol. The van der Waals surface area contributed by atoms with E-state index >= 15 is 0 Å². The predicted octanol–water partition coefficient (Wildman–Crippen LogP) is 3.29. The molecule has 0 radical (unpaired) electrons. The minimum absolute atomic E-state index is 0.376. The highest BCUT2D eigenvalue weighted by Crippen LogP contribution is 2.28. The number of ether oxygens (including phenoxy) is 1. The van der Waals surface area contributed by atoms with Crippen molar-refractivity contribution in [3.8, 4) is 0 Å². The Morgan fingerprint density at radius 1 is 1.25 bits per heavy atom. The smallest absolute Gasteiger partial charge is 0.0462 e. The number of hydrogen-bond acceptors (Lipinski definition) is 3. The number of piperazine rings is 1. The van der Waals surface area contributed by atoms with Crippen molar-refractivity contribution in [3.63, 3.8) is 0 Å². The molecule has 120 valence electrons. The molecule has 1 rings (SSSR count). The zero-order valence-corrected chi connectivity index (χ0v) is 14.4. The second-order valence-corrected chi connectivity index (χ2v) is 6.78. The second-order valence-electron chi connectivity index (χ2n) is 6.78. The van der Waals surface area contributed by atoms with Gasteiger partial charge in [-0.15, -0.1) is 0 Å². The van der Waals surface area contributed by atoms with Crippen LogP contribution in [0.4, 0.5) is 0 Å². The maximum Gasteiger partial charge on any atom is 0.0462 e. The first-order chi connectivity index (χ1) is 9.57. The van der Waals surface area contributed by atoms with Crippen LogP contribution in [0.2, 0.25) is 0 Å². The fourth-order valence-corrected chi connectivity index (χ4v) is 3.52. The molecule has 0 aromatic heterocycles. The van der Waals surface area contributed by atoms with E-state index in [1.165, 1.54) is 45.2 Å². The Morgan fingerprint density at radius 2 is 1.95 bits per heavy atom. The highest BCUT2D eigenvalue weighted by molar-refractivity contribution is 4.97. The Labute approximate surface area is 126 Å². The summed E-state index contributed by atoms with van der Waals surface area (Å²) in [5, 5.41) is 3.81. The molecule has 1 heterocycles. The van der Waals surface area contributed by atoms with Gasteiger partial charge >= 0.3 is 0 Å². The third kappa shape index (κ3) is 5.01. The number of hydrogen-bond donors (Lipinski definition) is 1. The van der Waals surface area contributed by atoms with E-state index in [-0.39, 0.29) is 0 Å². The third-order valence-electron chi connectivity index (χ3n) is 4.93. The molecule has 0 aromatic rings. The quantitative estimate of drug-likeness (QED) is 0.658. The van der Waals surface area contributed by atoms with E-state index in [1.54, 1.807) is 7.11 Å². The summed E-state index contributed by atoms with van der Waals surface area (Å²) in [6.45, 7) is 13.8. The van der Waals surface area contributed by atoms with Crippen molar-refractivity contribution in [2.45, 2.75) is 71.4 Å². The van der Waals surface area contributed by atoms with Crippen LogP contribution in [-0.2, 0) is 4.74 Å². The Kier molecular flexibility index (Phi) is 8.08. The number of unbranched alkanes of at least 4 members (excludes halogenated alkanes) is 1. The van der Waals surface area contributed by atoms with Crippen molar-refractivity contribution >= 4 is 0 Å². The van der Waals surface area contributed by atoms with Gasteiger partial charge in [0, 0.05) is 38.4 Å². The van der Waals surface area contributed by atoms with E-state index in [4.69, 9.17) is 4.74 Å². The van der Waals surface area contributed by atoms with E-state index in [0.29, 0.717) is 11.6 Å². The first-order valence-corrected chi connectivity index (χ1v) is 8.55. The molecule has 1 fully saturated rings. The minimum atomic E-state index is 0.376. The summed E-state index contributed by atoms with van der Waals surface area (Å²) in [6, 6.07) is 0.670. The van der Waals surface area contributed by atoms with Gasteiger partial charge in [0.25, 0.3) is 0 Å². The summed E-state index contributed by atoms with van der Waals surface area (Å²) in [5.41, 5.74) is 0.376. The van der Waals surface area contributed by atoms with Crippen LogP contribution in [0.1, 0.15) is 59.8 Å². The van der Waals surface area contributed by atoms with Crippen molar-refractivity contribution in [2.24, 2.45) is 5.92 Å². The predicted molar refractivity (Wildman–Crippen MR) is 87.2 cm³/mol. The van der Waals surface area contributed by atoms with Crippen molar-refractivity contribution in [3.05, 3.63) is 0 Å². The molecular formula is C17H36N2O. The van der Waals surface area contributed by atoms with E-state index in [2.05, 4.69) is 37.9 Å². The summed E-state index contributed by atoms with van der Waals surface area (Å²) in [5.74, 6) is 0.776. The van der Waals surface area contributed by atoms with Crippen molar-refractivity contribution < 1.29 is 4.74 Å². The number of rotatable bonds is 9. The average molecular weight is 284 g/mol. The van der Waals surface area contributed by atoms with Crippen LogP contribution in [0.5, 0.6) is 0 Å². The van der Waals surface area contributed by atoms with Gasteiger partial charge in [-0.2, -0.15) is 0 Å². The van der Waals surface area contributed by atoms with Crippen LogP contribution in [0, 0.1) is 5.92 Å². The molecule has 1 N–H and O–H groups in total. The van der Waals surface area contributed by atoms with Crippen LogP contribution in [0.3, 0.4) is 0 Å². The molecule has 3 heteroatoms. The Hall–Kier alpha value is -0.120. The lowest BCUT2D eigenvalue weighted by Crippen LogP contribution is -2.64. The first kappa shape index (κ1) is 17.9. The summed E-state index contributed by atoms with van der Waals surface area (Å²) in [4.78, 5) is 2.77. The summed E-state index contributed by atoms with van der Waals surface area (Å²) in [6.07, 6.45) is 6.21. The number of methoxy groups -OCH3 is 1. The van der Waals surface area contributed by atoms with Gasteiger partial charge in [-0.05, 0) is 44.6 Å². The lowest BCUT2D eigenvalue weighted by molar-refractivity contribution is 0.0248. The van der Waals surface area contributed by atoms with Crippen molar-refractivity contribution in [1.29, 1.82) is 0 Å². The third-order valence-corrected chi connectivity index (χ3v) is 4.93. The first-order valence-electron chi connectivity index (χ1n) is 8.55. The van der Waals surface area contributed by atoms with Gasteiger partial charge < -0.3 is 10.1 Å². The van der Waals surface area contributed by atoms with Crippen LogP contribution in [0.15, 0.2) is 0 Å².